The molecule has 1 heterocycles. The van der Waals surface area contributed by atoms with Gasteiger partial charge in [0.05, 0.1) is 14.2 Å². The monoisotopic (exact) mass is 388 g/mol. The molecule has 0 N–H and O–H groups in total. The fraction of sp³-hybridized carbons (Fsp3) is 0.190. The van der Waals surface area contributed by atoms with E-state index in [9.17, 15) is 13.6 Å². The number of carbonyl (C=O) groups is 1. The van der Waals surface area contributed by atoms with E-state index < -0.39 is 11.6 Å². The van der Waals surface area contributed by atoms with Crippen molar-refractivity contribution in [2.24, 2.45) is 0 Å². The molecule has 0 saturated carbocycles. The predicted molar refractivity (Wildman–Crippen MR) is 104 cm³/mol. The van der Waals surface area contributed by atoms with Gasteiger partial charge in [0, 0.05) is 22.7 Å². The van der Waals surface area contributed by atoms with Crippen LogP contribution in [0, 0.1) is 11.6 Å². The number of ether oxygens (including phenoxy) is 2. The summed E-state index contributed by atoms with van der Waals surface area (Å²) < 4.78 is 37.5. The molecule has 6 heteroatoms. The third kappa shape index (κ3) is 4.39. The van der Waals surface area contributed by atoms with Gasteiger partial charge in [0.15, 0.2) is 28.9 Å². The highest BCUT2D eigenvalue weighted by atomic mass is 32.2. The number of hydrogen-bond donors (Lipinski definition) is 0. The van der Waals surface area contributed by atoms with Gasteiger partial charge in [-0.2, -0.15) is 11.8 Å². The van der Waals surface area contributed by atoms with Gasteiger partial charge in [-0.25, -0.2) is 8.78 Å². The van der Waals surface area contributed by atoms with Gasteiger partial charge in [0.2, 0.25) is 0 Å². The maximum atomic E-state index is 13.9. The molecule has 140 valence electrons. The van der Waals surface area contributed by atoms with Crippen molar-refractivity contribution in [2.75, 3.05) is 25.7 Å². The van der Waals surface area contributed by atoms with Crippen LogP contribution in [0.4, 0.5) is 8.78 Å². The molecule has 0 spiro atoms. The number of Topliss-reactive ketones (excluding diaryl/α,β-unsaturated/α-hetero) is 1. The molecular weight excluding hydrogens is 370 g/mol. The Morgan fingerprint density at radius 2 is 1.30 bits per heavy atom. The van der Waals surface area contributed by atoms with Crippen LogP contribution in [-0.2, 0) is 4.79 Å². The Labute approximate surface area is 160 Å². The summed E-state index contributed by atoms with van der Waals surface area (Å²) >= 11 is 1.58. The third-order valence-corrected chi connectivity index (χ3v) is 5.16. The van der Waals surface area contributed by atoms with Crippen molar-refractivity contribution >= 4 is 29.7 Å². The molecule has 0 aromatic heterocycles. The highest BCUT2D eigenvalue weighted by Gasteiger charge is 2.21. The predicted octanol–water partition coefficient (Wildman–Crippen LogP) is 4.76. The first-order chi connectivity index (χ1) is 13.0. The second-order valence-electron chi connectivity index (χ2n) is 5.95. The van der Waals surface area contributed by atoms with Crippen molar-refractivity contribution in [3.8, 4) is 11.5 Å². The summed E-state index contributed by atoms with van der Waals surface area (Å²) in [6.07, 6.45) is 3.36. The lowest BCUT2D eigenvalue weighted by molar-refractivity contribution is -0.112. The van der Waals surface area contributed by atoms with Gasteiger partial charge in [0.1, 0.15) is 0 Å². The number of rotatable bonds is 4. The molecule has 3 nitrogen and oxygen atoms in total. The van der Waals surface area contributed by atoms with Gasteiger partial charge in [-0.1, -0.05) is 12.1 Å². The highest BCUT2D eigenvalue weighted by molar-refractivity contribution is 7.99. The van der Waals surface area contributed by atoms with Crippen LogP contribution in [0.5, 0.6) is 11.5 Å². The normalized spacial score (nSPS) is 17.4. The summed E-state index contributed by atoms with van der Waals surface area (Å²) in [6.45, 7) is 0. The summed E-state index contributed by atoms with van der Waals surface area (Å²) in [5.74, 6) is 0.328. The van der Waals surface area contributed by atoms with Crippen LogP contribution in [0.2, 0.25) is 0 Å². The van der Waals surface area contributed by atoms with Crippen LogP contribution in [-0.4, -0.2) is 31.5 Å². The van der Waals surface area contributed by atoms with Crippen LogP contribution < -0.4 is 9.47 Å². The van der Waals surface area contributed by atoms with Crippen molar-refractivity contribution in [2.45, 2.75) is 0 Å². The lowest BCUT2D eigenvalue weighted by Gasteiger charge is -2.16. The van der Waals surface area contributed by atoms with E-state index in [-0.39, 0.29) is 17.3 Å². The van der Waals surface area contributed by atoms with Crippen molar-refractivity contribution in [3.05, 3.63) is 70.3 Å². The second kappa shape index (κ2) is 8.39. The summed E-state index contributed by atoms with van der Waals surface area (Å²) in [7, 11) is 2.80. The summed E-state index contributed by atoms with van der Waals surface area (Å²) in [4.78, 5) is 12.8. The summed E-state index contributed by atoms with van der Waals surface area (Å²) in [5.41, 5.74) is 2.34. The summed E-state index contributed by atoms with van der Waals surface area (Å²) in [6, 6.07) is 9.12. The Balaban J connectivity index is 1.87. The summed E-state index contributed by atoms with van der Waals surface area (Å²) in [5, 5.41) is 0. The fourth-order valence-corrected chi connectivity index (χ4v) is 3.74. The molecule has 1 aliphatic heterocycles. The first-order valence-corrected chi connectivity index (χ1v) is 9.38. The Bertz CT molecular complexity index is 862. The van der Waals surface area contributed by atoms with E-state index in [2.05, 4.69) is 0 Å². The van der Waals surface area contributed by atoms with E-state index in [4.69, 9.17) is 9.47 Å². The average molecular weight is 388 g/mol. The average Bonchev–Trinajstić information content (AvgIpc) is 2.65. The van der Waals surface area contributed by atoms with Gasteiger partial charge in [-0.05, 0) is 47.5 Å². The van der Waals surface area contributed by atoms with E-state index >= 15 is 0 Å². The minimum atomic E-state index is -0.479. The van der Waals surface area contributed by atoms with E-state index in [1.807, 2.05) is 0 Å². The molecule has 0 aliphatic carbocycles. The van der Waals surface area contributed by atoms with Crippen LogP contribution in [0.25, 0.3) is 12.2 Å². The lowest BCUT2D eigenvalue weighted by atomic mass is 10.0. The van der Waals surface area contributed by atoms with Gasteiger partial charge >= 0.3 is 0 Å². The number of carbonyl (C=O) groups excluding carboxylic acids is 1. The van der Waals surface area contributed by atoms with Crippen molar-refractivity contribution in [1.82, 2.24) is 0 Å². The largest absolute Gasteiger partial charge is 0.494 e. The van der Waals surface area contributed by atoms with Crippen LogP contribution in [0.3, 0.4) is 0 Å². The Morgan fingerprint density at radius 3 is 1.67 bits per heavy atom. The number of methoxy groups -OCH3 is 2. The highest BCUT2D eigenvalue weighted by Crippen LogP contribution is 2.28. The van der Waals surface area contributed by atoms with Crippen molar-refractivity contribution in [3.63, 3.8) is 0 Å². The Morgan fingerprint density at radius 1 is 0.852 bits per heavy atom. The number of thioether (sulfide) groups is 1. The van der Waals surface area contributed by atoms with E-state index in [1.165, 1.54) is 38.5 Å². The first-order valence-electron chi connectivity index (χ1n) is 8.22. The first kappa shape index (κ1) is 19.2. The molecule has 0 amide bonds. The minimum absolute atomic E-state index is 0.110. The van der Waals surface area contributed by atoms with E-state index in [0.717, 1.165) is 0 Å². The van der Waals surface area contributed by atoms with Crippen LogP contribution in [0.15, 0.2) is 47.5 Å². The van der Waals surface area contributed by atoms with Gasteiger partial charge in [-0.3, -0.25) is 4.79 Å². The molecular formula is C21H18F2O3S. The third-order valence-electron chi connectivity index (χ3n) is 4.13. The molecule has 0 atom stereocenters. The Kier molecular flexibility index (Phi) is 5.96. The van der Waals surface area contributed by atoms with E-state index in [1.54, 1.807) is 36.0 Å². The van der Waals surface area contributed by atoms with Gasteiger partial charge in [-0.15, -0.1) is 0 Å². The molecule has 1 fully saturated rings. The zero-order valence-electron chi connectivity index (χ0n) is 14.9. The molecule has 2 aromatic carbocycles. The van der Waals surface area contributed by atoms with Crippen LogP contribution in [0.1, 0.15) is 11.1 Å². The standard InChI is InChI=1S/C21H18F2O3S/c1-25-19-5-3-13(9-17(19)22)7-15-11-27-12-16(21(15)24)8-14-4-6-20(26-2)18(23)10-14/h3-10H,11-12H2,1-2H3/b15-7+,16-8+. The molecule has 3 rings (SSSR count). The molecule has 0 bridgehead atoms. The van der Waals surface area contributed by atoms with Gasteiger partial charge < -0.3 is 9.47 Å². The second-order valence-corrected chi connectivity index (χ2v) is 6.93. The lowest BCUT2D eigenvalue weighted by Crippen LogP contribution is -2.16. The zero-order chi connectivity index (χ0) is 19.4. The number of halogens is 2. The number of benzene rings is 2. The number of ketones is 1. The molecule has 0 unspecified atom stereocenters. The van der Waals surface area contributed by atoms with E-state index in [0.29, 0.717) is 33.8 Å². The molecule has 0 radical (unpaired) electrons. The molecule has 1 saturated heterocycles. The van der Waals surface area contributed by atoms with Crippen molar-refractivity contribution in [1.29, 1.82) is 0 Å². The SMILES string of the molecule is COc1ccc(/C=C2\CSC/C(=C\c3ccc(OC)c(F)c3)C2=O)cc1F. The zero-order valence-corrected chi connectivity index (χ0v) is 15.7. The topological polar surface area (TPSA) is 35.5 Å². The van der Waals surface area contributed by atoms with Crippen molar-refractivity contribution < 1.29 is 23.0 Å². The Hall–Kier alpha value is -2.60. The minimum Gasteiger partial charge on any atom is -0.494 e. The maximum Gasteiger partial charge on any atom is 0.186 e. The smallest absolute Gasteiger partial charge is 0.186 e. The quantitative estimate of drug-likeness (QED) is 0.707. The molecule has 27 heavy (non-hydrogen) atoms. The van der Waals surface area contributed by atoms with Gasteiger partial charge in [0.25, 0.3) is 0 Å². The molecule has 2 aromatic rings. The van der Waals surface area contributed by atoms with Crippen LogP contribution >= 0.6 is 11.8 Å². The fourth-order valence-electron chi connectivity index (χ4n) is 2.77. The maximum absolute atomic E-state index is 13.9. The number of hydrogen-bond acceptors (Lipinski definition) is 4. The molecule has 1 aliphatic rings.